The van der Waals surface area contributed by atoms with Gasteiger partial charge in [-0.1, -0.05) is 0 Å². The highest BCUT2D eigenvalue weighted by Crippen LogP contribution is 2.14. The van der Waals surface area contributed by atoms with Gasteiger partial charge in [0, 0.05) is 26.7 Å². The van der Waals surface area contributed by atoms with E-state index in [-0.39, 0.29) is 11.2 Å². The molecule has 0 aromatic carbocycles. The van der Waals surface area contributed by atoms with Gasteiger partial charge in [0.15, 0.2) is 11.2 Å². The van der Waals surface area contributed by atoms with Crippen LogP contribution in [0, 0.1) is 0 Å². The minimum absolute atomic E-state index is 0.279. The van der Waals surface area contributed by atoms with Gasteiger partial charge in [0.1, 0.15) is 0 Å². The summed E-state index contributed by atoms with van der Waals surface area (Å²) in [5, 5.41) is 3.12. The smallest absolute Gasteiger partial charge is 0.332 e. The van der Waals surface area contributed by atoms with Crippen LogP contribution in [0.25, 0.3) is 11.2 Å². The highest BCUT2D eigenvalue weighted by atomic mass is 16.2. The lowest BCUT2D eigenvalue weighted by Gasteiger charge is -2.07. The molecule has 0 aliphatic carbocycles. The van der Waals surface area contributed by atoms with Crippen molar-refractivity contribution >= 4 is 17.1 Å². The van der Waals surface area contributed by atoms with E-state index in [0.717, 1.165) is 0 Å². The number of hydrogen-bond acceptors (Lipinski definition) is 4. The van der Waals surface area contributed by atoms with Gasteiger partial charge in [-0.3, -0.25) is 13.9 Å². The van der Waals surface area contributed by atoms with Crippen molar-refractivity contribution in [2.24, 2.45) is 7.05 Å². The summed E-state index contributed by atoms with van der Waals surface area (Å²) in [7, 11) is 1.64. The van der Waals surface area contributed by atoms with E-state index >= 15 is 0 Å². The third-order valence-corrected chi connectivity index (χ3v) is 3.20. The lowest BCUT2D eigenvalue weighted by molar-refractivity contribution is 0.633. The summed E-state index contributed by atoms with van der Waals surface area (Å²) in [4.78, 5) is 28.8. The van der Waals surface area contributed by atoms with Gasteiger partial charge in [0.05, 0.1) is 0 Å². The lowest BCUT2D eigenvalue weighted by atomic mass is 10.4. The van der Waals surface area contributed by atoms with Crippen molar-refractivity contribution in [1.82, 2.24) is 18.7 Å². The van der Waals surface area contributed by atoms with Crippen LogP contribution in [0.15, 0.2) is 9.59 Å². The van der Waals surface area contributed by atoms with E-state index in [0.29, 0.717) is 36.7 Å². The highest BCUT2D eigenvalue weighted by Gasteiger charge is 2.18. The Kier molecular flexibility index (Phi) is 3.46. The van der Waals surface area contributed by atoms with E-state index < -0.39 is 0 Å². The molecule has 0 aliphatic heterocycles. The van der Waals surface area contributed by atoms with Crippen LogP contribution in [-0.4, -0.2) is 25.2 Å². The van der Waals surface area contributed by atoms with E-state index in [2.05, 4.69) is 10.3 Å². The van der Waals surface area contributed by atoms with Gasteiger partial charge in [-0.05, 0) is 20.8 Å². The van der Waals surface area contributed by atoms with Gasteiger partial charge in [-0.15, -0.1) is 0 Å². The number of anilines is 1. The molecule has 2 heterocycles. The van der Waals surface area contributed by atoms with Crippen molar-refractivity contribution in [2.45, 2.75) is 33.9 Å². The van der Waals surface area contributed by atoms with Crippen LogP contribution in [0.3, 0.4) is 0 Å². The number of hydrogen-bond donors (Lipinski definition) is 1. The van der Waals surface area contributed by atoms with Crippen LogP contribution in [-0.2, 0) is 20.1 Å². The number of imidazole rings is 1. The van der Waals surface area contributed by atoms with E-state index in [1.165, 1.54) is 9.13 Å². The molecule has 0 amide bonds. The van der Waals surface area contributed by atoms with Crippen LogP contribution in [0.4, 0.5) is 5.95 Å². The second-order valence-electron chi connectivity index (χ2n) is 4.27. The van der Waals surface area contributed by atoms with Gasteiger partial charge in [0.25, 0.3) is 5.56 Å². The molecule has 0 spiro atoms. The van der Waals surface area contributed by atoms with Crippen LogP contribution in [0.2, 0.25) is 0 Å². The second-order valence-corrected chi connectivity index (χ2v) is 4.27. The number of rotatable bonds is 4. The molecule has 2 aromatic heterocycles. The minimum Gasteiger partial charge on any atom is -0.356 e. The highest BCUT2D eigenvalue weighted by molar-refractivity contribution is 5.74. The van der Waals surface area contributed by atoms with Gasteiger partial charge < -0.3 is 9.88 Å². The van der Waals surface area contributed by atoms with Crippen molar-refractivity contribution < 1.29 is 0 Å². The van der Waals surface area contributed by atoms with E-state index in [1.807, 2.05) is 18.4 Å². The summed E-state index contributed by atoms with van der Waals surface area (Å²) in [6.45, 7) is 7.38. The summed E-state index contributed by atoms with van der Waals surface area (Å²) < 4.78 is 4.46. The molecule has 7 heteroatoms. The van der Waals surface area contributed by atoms with Crippen LogP contribution >= 0.6 is 0 Å². The minimum atomic E-state index is -0.330. The first kappa shape index (κ1) is 13.4. The predicted octanol–water partition coefficient (Wildman–Crippen LogP) is 0.368. The Balaban J connectivity index is 2.97. The molecule has 0 saturated heterocycles. The largest absolute Gasteiger partial charge is 0.356 e. The molecule has 19 heavy (non-hydrogen) atoms. The van der Waals surface area contributed by atoms with Crippen LogP contribution in [0.5, 0.6) is 0 Å². The average molecular weight is 265 g/mol. The molecule has 0 saturated carbocycles. The maximum Gasteiger partial charge on any atom is 0.332 e. The molecule has 1 N–H and O–H groups in total. The Hall–Kier alpha value is -2.05. The third-order valence-electron chi connectivity index (χ3n) is 3.20. The number of nitrogens with zero attached hydrogens (tertiary/aromatic N) is 4. The molecular formula is C12H19N5O2. The lowest BCUT2D eigenvalue weighted by Crippen LogP contribution is -2.39. The van der Waals surface area contributed by atoms with Crippen molar-refractivity contribution in [1.29, 1.82) is 0 Å². The molecule has 104 valence electrons. The number of fused-ring (bicyclic) bond motifs is 1. The molecule has 0 unspecified atom stereocenters. The molecule has 0 fully saturated rings. The standard InChI is InChI=1S/C12H19N5O2/c1-5-13-11-14-9-8(16(11)6-2)10(18)17(7-3)12(19)15(9)4/h5-7H2,1-4H3,(H,13,14). The summed E-state index contributed by atoms with van der Waals surface area (Å²) >= 11 is 0. The molecule has 2 aromatic rings. The van der Waals surface area contributed by atoms with Crippen molar-refractivity contribution in [3.05, 3.63) is 20.8 Å². The fourth-order valence-corrected chi connectivity index (χ4v) is 2.25. The molecule has 0 bridgehead atoms. The third kappa shape index (κ3) is 1.85. The van der Waals surface area contributed by atoms with Crippen molar-refractivity contribution in [2.75, 3.05) is 11.9 Å². The van der Waals surface area contributed by atoms with Crippen LogP contribution < -0.4 is 16.6 Å². The number of aryl methyl sites for hydroxylation is 2. The van der Waals surface area contributed by atoms with Gasteiger partial charge in [-0.2, -0.15) is 4.98 Å². The van der Waals surface area contributed by atoms with E-state index in [9.17, 15) is 9.59 Å². The number of nitrogens with one attached hydrogen (secondary N) is 1. The first-order valence-corrected chi connectivity index (χ1v) is 6.50. The first-order valence-electron chi connectivity index (χ1n) is 6.50. The quantitative estimate of drug-likeness (QED) is 0.866. The molecule has 2 rings (SSSR count). The maximum atomic E-state index is 12.4. The second kappa shape index (κ2) is 4.91. The van der Waals surface area contributed by atoms with Gasteiger partial charge in [-0.25, -0.2) is 4.79 Å². The molecular weight excluding hydrogens is 246 g/mol. The summed E-state index contributed by atoms with van der Waals surface area (Å²) in [5.74, 6) is 0.626. The Labute approximate surface area is 110 Å². The van der Waals surface area contributed by atoms with Gasteiger partial charge in [0.2, 0.25) is 5.95 Å². The molecule has 0 atom stereocenters. The molecule has 7 nitrogen and oxygen atoms in total. The monoisotopic (exact) mass is 265 g/mol. The van der Waals surface area contributed by atoms with Crippen molar-refractivity contribution in [3.8, 4) is 0 Å². The fraction of sp³-hybridized carbons (Fsp3) is 0.583. The van der Waals surface area contributed by atoms with Crippen LogP contribution in [0.1, 0.15) is 20.8 Å². The first-order chi connectivity index (χ1) is 9.06. The van der Waals surface area contributed by atoms with E-state index in [1.54, 1.807) is 14.0 Å². The normalized spacial score (nSPS) is 11.2. The summed E-state index contributed by atoms with van der Waals surface area (Å²) in [6.07, 6.45) is 0. The van der Waals surface area contributed by atoms with Crippen molar-refractivity contribution in [3.63, 3.8) is 0 Å². The van der Waals surface area contributed by atoms with E-state index in [4.69, 9.17) is 0 Å². The number of aromatic nitrogens is 4. The Morgan fingerprint density at radius 3 is 2.26 bits per heavy atom. The Morgan fingerprint density at radius 2 is 1.74 bits per heavy atom. The zero-order chi connectivity index (χ0) is 14.2. The fourth-order valence-electron chi connectivity index (χ4n) is 2.25. The average Bonchev–Trinajstić information content (AvgIpc) is 2.76. The summed E-state index contributed by atoms with van der Waals surface area (Å²) in [5.41, 5.74) is 0.294. The Bertz CT molecular complexity index is 722. The Morgan fingerprint density at radius 1 is 1.11 bits per heavy atom. The molecule has 0 radical (unpaired) electrons. The zero-order valence-corrected chi connectivity index (χ0v) is 11.7. The topological polar surface area (TPSA) is 73.8 Å². The van der Waals surface area contributed by atoms with Gasteiger partial charge >= 0.3 is 5.69 Å². The molecule has 0 aliphatic rings. The predicted molar refractivity (Wildman–Crippen MR) is 74.7 cm³/mol. The zero-order valence-electron chi connectivity index (χ0n) is 11.7. The maximum absolute atomic E-state index is 12.4. The summed E-state index contributed by atoms with van der Waals surface area (Å²) in [6, 6.07) is 0. The SMILES string of the molecule is CCNc1nc2c(c(=O)n(CC)c(=O)n2C)n1CC.